The number of aryl methyl sites for hydroxylation is 1. The molecule has 2 aromatic heterocycles. The topological polar surface area (TPSA) is 77.2 Å². The molecule has 0 atom stereocenters. The minimum Gasteiger partial charge on any atom is -0.379 e. The van der Waals surface area contributed by atoms with Crippen LogP contribution in [0.15, 0.2) is 36.7 Å². The molecule has 1 saturated heterocycles. The van der Waals surface area contributed by atoms with Crippen LogP contribution in [0.3, 0.4) is 0 Å². The number of ether oxygens (including phenoxy) is 1. The van der Waals surface area contributed by atoms with Crippen molar-refractivity contribution in [1.29, 1.82) is 0 Å². The fraction of sp³-hybridized carbons (Fsp3) is 0.560. The first-order chi connectivity index (χ1) is 16.2. The first-order valence-electron chi connectivity index (χ1n) is 12.3. The molecule has 1 aliphatic rings. The summed E-state index contributed by atoms with van der Waals surface area (Å²) in [6.45, 7) is 7.48. The Morgan fingerprint density at radius 1 is 1.09 bits per heavy atom. The van der Waals surface area contributed by atoms with Gasteiger partial charge >= 0.3 is 0 Å². The Kier molecular flexibility index (Phi) is 8.49. The van der Waals surface area contributed by atoms with Gasteiger partial charge in [-0.25, -0.2) is 4.68 Å². The standard InChI is InChI=1S/C25H36N6O2/c1-2-3-4-5-6-7-11-30-12-10-21-17-22(8-9-24(21)30)26-25(32)20-31-19-23(27-28-31)18-29-13-15-33-16-14-29/h8-10,12,17,19H,2-7,11,13-16,18,20H2,1H3,(H,26,32). The molecule has 33 heavy (non-hydrogen) atoms. The monoisotopic (exact) mass is 452 g/mol. The number of carbonyl (C=O) groups excluding carboxylic acids is 1. The van der Waals surface area contributed by atoms with Gasteiger partial charge in [0, 0.05) is 49.0 Å². The zero-order valence-electron chi connectivity index (χ0n) is 19.7. The molecule has 1 fully saturated rings. The number of hydrogen-bond donors (Lipinski definition) is 1. The lowest BCUT2D eigenvalue weighted by molar-refractivity contribution is -0.116. The highest BCUT2D eigenvalue weighted by molar-refractivity contribution is 5.93. The summed E-state index contributed by atoms with van der Waals surface area (Å²) in [6, 6.07) is 8.23. The van der Waals surface area contributed by atoms with Gasteiger partial charge < -0.3 is 14.6 Å². The second-order valence-corrected chi connectivity index (χ2v) is 8.89. The lowest BCUT2D eigenvalue weighted by atomic mass is 10.1. The minimum atomic E-state index is -0.108. The van der Waals surface area contributed by atoms with Gasteiger partial charge in [0.1, 0.15) is 6.54 Å². The van der Waals surface area contributed by atoms with E-state index in [0.717, 1.165) is 56.2 Å². The van der Waals surface area contributed by atoms with Gasteiger partial charge in [-0.15, -0.1) is 5.10 Å². The van der Waals surface area contributed by atoms with Crippen molar-refractivity contribution in [3.63, 3.8) is 0 Å². The van der Waals surface area contributed by atoms with Crippen molar-refractivity contribution in [2.45, 2.75) is 65.1 Å². The summed E-state index contributed by atoms with van der Waals surface area (Å²) in [5, 5.41) is 12.5. The van der Waals surface area contributed by atoms with Gasteiger partial charge in [-0.3, -0.25) is 9.69 Å². The average molecular weight is 453 g/mol. The van der Waals surface area contributed by atoms with Gasteiger partial charge in [0.05, 0.1) is 25.1 Å². The first kappa shape index (κ1) is 23.4. The summed E-state index contributed by atoms with van der Waals surface area (Å²) >= 11 is 0. The summed E-state index contributed by atoms with van der Waals surface area (Å²) < 4.78 is 9.29. The van der Waals surface area contributed by atoms with Crippen molar-refractivity contribution in [1.82, 2.24) is 24.5 Å². The van der Waals surface area contributed by atoms with E-state index < -0.39 is 0 Å². The highest BCUT2D eigenvalue weighted by Gasteiger charge is 2.13. The number of carbonyl (C=O) groups is 1. The molecular formula is C25H36N6O2. The highest BCUT2D eigenvalue weighted by atomic mass is 16.5. The molecule has 178 valence electrons. The molecule has 1 N–H and O–H groups in total. The maximum Gasteiger partial charge on any atom is 0.246 e. The van der Waals surface area contributed by atoms with Crippen LogP contribution in [-0.4, -0.2) is 56.7 Å². The van der Waals surface area contributed by atoms with Crippen molar-refractivity contribution < 1.29 is 9.53 Å². The second-order valence-electron chi connectivity index (χ2n) is 8.89. The van der Waals surface area contributed by atoms with Crippen molar-refractivity contribution in [3.8, 4) is 0 Å². The predicted molar refractivity (Wildman–Crippen MR) is 130 cm³/mol. The molecule has 4 rings (SSSR count). The summed E-state index contributed by atoms with van der Waals surface area (Å²) in [5.41, 5.74) is 2.89. The molecule has 8 nitrogen and oxygen atoms in total. The van der Waals surface area contributed by atoms with Crippen molar-refractivity contribution >= 4 is 22.5 Å². The molecule has 0 unspecified atom stereocenters. The van der Waals surface area contributed by atoms with Crippen LogP contribution in [0.2, 0.25) is 0 Å². The van der Waals surface area contributed by atoms with Gasteiger partial charge in [0.25, 0.3) is 0 Å². The summed E-state index contributed by atoms with van der Waals surface area (Å²) in [5.74, 6) is -0.108. The second kappa shape index (κ2) is 12.0. The normalized spacial score (nSPS) is 14.7. The molecule has 8 heteroatoms. The van der Waals surface area contributed by atoms with E-state index in [1.807, 2.05) is 18.3 Å². The van der Waals surface area contributed by atoms with Gasteiger partial charge in [-0.2, -0.15) is 0 Å². The third-order valence-electron chi connectivity index (χ3n) is 6.19. The number of rotatable bonds is 12. The van der Waals surface area contributed by atoms with Crippen LogP contribution >= 0.6 is 0 Å². The molecule has 1 aromatic carbocycles. The number of unbranched alkanes of at least 4 members (excludes halogenated alkanes) is 5. The fourth-order valence-electron chi connectivity index (χ4n) is 4.36. The maximum atomic E-state index is 12.5. The van der Waals surface area contributed by atoms with Gasteiger partial charge in [-0.1, -0.05) is 44.2 Å². The zero-order valence-corrected chi connectivity index (χ0v) is 19.7. The van der Waals surface area contributed by atoms with E-state index in [1.165, 1.54) is 44.0 Å². The Morgan fingerprint density at radius 2 is 1.91 bits per heavy atom. The Morgan fingerprint density at radius 3 is 2.76 bits per heavy atom. The zero-order chi connectivity index (χ0) is 22.9. The molecule has 1 amide bonds. The fourth-order valence-corrected chi connectivity index (χ4v) is 4.36. The van der Waals surface area contributed by atoms with Crippen LogP contribution in [0.1, 0.15) is 51.1 Å². The highest BCUT2D eigenvalue weighted by Crippen LogP contribution is 2.21. The van der Waals surface area contributed by atoms with E-state index in [4.69, 9.17) is 4.74 Å². The molecule has 0 spiro atoms. The lowest BCUT2D eigenvalue weighted by Crippen LogP contribution is -2.35. The molecule has 0 radical (unpaired) electrons. The van der Waals surface area contributed by atoms with Crippen LogP contribution < -0.4 is 5.32 Å². The van der Waals surface area contributed by atoms with Crippen LogP contribution in [0.25, 0.3) is 10.9 Å². The van der Waals surface area contributed by atoms with Crippen LogP contribution in [0.5, 0.6) is 0 Å². The number of amides is 1. The Labute approximate surface area is 195 Å². The van der Waals surface area contributed by atoms with Crippen LogP contribution in [0.4, 0.5) is 5.69 Å². The number of benzene rings is 1. The lowest BCUT2D eigenvalue weighted by Gasteiger charge is -2.25. The molecule has 0 bridgehead atoms. The van der Waals surface area contributed by atoms with E-state index in [0.29, 0.717) is 0 Å². The van der Waals surface area contributed by atoms with E-state index >= 15 is 0 Å². The third kappa shape index (κ3) is 6.88. The van der Waals surface area contributed by atoms with Gasteiger partial charge in [0.2, 0.25) is 5.91 Å². The average Bonchev–Trinajstić information content (AvgIpc) is 3.43. The largest absolute Gasteiger partial charge is 0.379 e. The molecule has 3 aromatic rings. The van der Waals surface area contributed by atoms with Gasteiger partial charge in [0.15, 0.2) is 0 Å². The van der Waals surface area contributed by atoms with Crippen molar-refractivity contribution in [2.75, 3.05) is 31.6 Å². The Balaban J connectivity index is 1.26. The Bertz CT molecular complexity index is 1020. The molecular weight excluding hydrogens is 416 g/mol. The molecule has 3 heterocycles. The Hall–Kier alpha value is -2.71. The van der Waals surface area contributed by atoms with Crippen LogP contribution in [-0.2, 0) is 29.2 Å². The smallest absolute Gasteiger partial charge is 0.246 e. The van der Waals surface area contributed by atoms with Gasteiger partial charge in [-0.05, 0) is 30.7 Å². The number of hydrogen-bond acceptors (Lipinski definition) is 5. The maximum absolute atomic E-state index is 12.5. The quantitative estimate of drug-likeness (QED) is 0.419. The van der Waals surface area contributed by atoms with E-state index in [1.54, 1.807) is 4.68 Å². The predicted octanol–water partition coefficient (Wildman–Crippen LogP) is 4.06. The van der Waals surface area contributed by atoms with E-state index in [-0.39, 0.29) is 12.5 Å². The van der Waals surface area contributed by atoms with E-state index in [9.17, 15) is 4.79 Å². The number of fused-ring (bicyclic) bond motifs is 1. The molecule has 0 aliphatic carbocycles. The number of nitrogens with zero attached hydrogens (tertiary/aromatic N) is 5. The number of aromatic nitrogens is 4. The summed E-state index contributed by atoms with van der Waals surface area (Å²) in [7, 11) is 0. The minimum absolute atomic E-state index is 0.108. The number of anilines is 1. The SMILES string of the molecule is CCCCCCCCn1ccc2cc(NC(=O)Cn3cc(CN4CCOCC4)nn3)ccc21. The summed E-state index contributed by atoms with van der Waals surface area (Å²) in [4.78, 5) is 14.8. The van der Waals surface area contributed by atoms with E-state index in [2.05, 4.69) is 50.3 Å². The van der Waals surface area contributed by atoms with Crippen molar-refractivity contribution in [3.05, 3.63) is 42.4 Å². The third-order valence-corrected chi connectivity index (χ3v) is 6.19. The van der Waals surface area contributed by atoms with Crippen LogP contribution in [0, 0.1) is 0 Å². The number of morpholine rings is 1. The molecule has 0 saturated carbocycles. The van der Waals surface area contributed by atoms with Crippen molar-refractivity contribution in [2.24, 2.45) is 0 Å². The molecule has 1 aliphatic heterocycles. The number of nitrogens with one attached hydrogen (secondary N) is 1. The summed E-state index contributed by atoms with van der Waals surface area (Å²) in [6.07, 6.45) is 11.8. The first-order valence-corrected chi connectivity index (χ1v) is 12.3.